The van der Waals surface area contributed by atoms with Gasteiger partial charge in [-0.05, 0) is 12.5 Å². The van der Waals surface area contributed by atoms with Crippen LogP contribution in [0.15, 0.2) is 30.3 Å². The molecule has 0 fully saturated rings. The first-order valence-corrected chi connectivity index (χ1v) is 4.14. The standard InChI is InChI=1S/C9H12OS/c1-8(11)10-7-9-5-3-2-4-6-9/h2-6,8,11H,7H2,1H3. The largest absolute Gasteiger partial charge is 0.363 e. The van der Waals surface area contributed by atoms with Crippen LogP contribution in [-0.2, 0) is 11.3 Å². The van der Waals surface area contributed by atoms with Crippen molar-refractivity contribution in [2.75, 3.05) is 0 Å². The van der Waals surface area contributed by atoms with Crippen molar-refractivity contribution in [3.63, 3.8) is 0 Å². The first kappa shape index (κ1) is 8.62. The van der Waals surface area contributed by atoms with E-state index in [2.05, 4.69) is 12.6 Å². The van der Waals surface area contributed by atoms with Crippen molar-refractivity contribution >= 4 is 12.6 Å². The minimum absolute atomic E-state index is 0.00945. The number of thiol groups is 1. The van der Waals surface area contributed by atoms with E-state index >= 15 is 0 Å². The number of hydrogen-bond donors (Lipinski definition) is 1. The molecule has 1 rings (SSSR count). The lowest BCUT2D eigenvalue weighted by Crippen LogP contribution is -1.98. The van der Waals surface area contributed by atoms with Crippen molar-refractivity contribution < 1.29 is 4.74 Å². The second kappa shape index (κ2) is 4.42. The van der Waals surface area contributed by atoms with Crippen molar-refractivity contribution in [2.45, 2.75) is 19.0 Å². The van der Waals surface area contributed by atoms with Gasteiger partial charge in [0.25, 0.3) is 0 Å². The molecular formula is C9H12OS. The van der Waals surface area contributed by atoms with Gasteiger partial charge in [0.15, 0.2) is 0 Å². The van der Waals surface area contributed by atoms with Crippen LogP contribution in [0.25, 0.3) is 0 Å². The molecule has 0 spiro atoms. The molecule has 1 aromatic rings. The van der Waals surface area contributed by atoms with E-state index in [0.717, 1.165) is 0 Å². The van der Waals surface area contributed by atoms with Crippen LogP contribution in [0.5, 0.6) is 0 Å². The number of ether oxygens (including phenoxy) is 1. The van der Waals surface area contributed by atoms with Gasteiger partial charge in [-0.1, -0.05) is 30.3 Å². The predicted molar refractivity (Wildman–Crippen MR) is 49.7 cm³/mol. The van der Waals surface area contributed by atoms with Crippen molar-refractivity contribution in [1.29, 1.82) is 0 Å². The smallest absolute Gasteiger partial charge is 0.0975 e. The lowest BCUT2D eigenvalue weighted by atomic mass is 10.2. The fourth-order valence-electron chi connectivity index (χ4n) is 0.791. The van der Waals surface area contributed by atoms with Gasteiger partial charge in [0.2, 0.25) is 0 Å². The lowest BCUT2D eigenvalue weighted by molar-refractivity contribution is 0.112. The quantitative estimate of drug-likeness (QED) is 0.539. The summed E-state index contributed by atoms with van der Waals surface area (Å²) < 4.78 is 5.29. The molecule has 0 aromatic heterocycles. The Balaban J connectivity index is 2.39. The molecule has 0 aliphatic heterocycles. The van der Waals surface area contributed by atoms with E-state index in [1.807, 2.05) is 37.3 Å². The molecule has 0 saturated heterocycles. The molecule has 1 unspecified atom stereocenters. The molecule has 1 nitrogen and oxygen atoms in total. The van der Waals surface area contributed by atoms with E-state index in [9.17, 15) is 0 Å². The van der Waals surface area contributed by atoms with Crippen LogP contribution in [0, 0.1) is 0 Å². The van der Waals surface area contributed by atoms with Gasteiger partial charge in [0.1, 0.15) is 0 Å². The van der Waals surface area contributed by atoms with Gasteiger partial charge >= 0.3 is 0 Å². The van der Waals surface area contributed by atoms with E-state index in [0.29, 0.717) is 6.61 Å². The van der Waals surface area contributed by atoms with Crippen LogP contribution in [0.3, 0.4) is 0 Å². The molecule has 0 heterocycles. The highest BCUT2D eigenvalue weighted by atomic mass is 32.1. The number of hydrogen-bond acceptors (Lipinski definition) is 2. The Morgan fingerprint density at radius 1 is 1.36 bits per heavy atom. The predicted octanol–water partition coefficient (Wildman–Crippen LogP) is 2.48. The van der Waals surface area contributed by atoms with Gasteiger partial charge in [0.05, 0.1) is 12.0 Å². The third-order valence-electron chi connectivity index (χ3n) is 1.33. The van der Waals surface area contributed by atoms with Gasteiger partial charge in [-0.25, -0.2) is 0 Å². The minimum Gasteiger partial charge on any atom is -0.363 e. The average Bonchev–Trinajstić information content (AvgIpc) is 2.03. The maximum atomic E-state index is 5.29. The molecule has 60 valence electrons. The highest BCUT2D eigenvalue weighted by Crippen LogP contribution is 2.04. The van der Waals surface area contributed by atoms with Gasteiger partial charge in [-0.3, -0.25) is 0 Å². The Kier molecular flexibility index (Phi) is 3.46. The second-order valence-electron chi connectivity index (χ2n) is 2.40. The Morgan fingerprint density at radius 3 is 2.55 bits per heavy atom. The van der Waals surface area contributed by atoms with Crippen LogP contribution in [0.1, 0.15) is 12.5 Å². The summed E-state index contributed by atoms with van der Waals surface area (Å²) in [5.74, 6) is 0. The van der Waals surface area contributed by atoms with Crippen LogP contribution in [0.4, 0.5) is 0 Å². The zero-order valence-corrected chi connectivity index (χ0v) is 7.42. The normalized spacial score (nSPS) is 12.9. The van der Waals surface area contributed by atoms with Gasteiger partial charge < -0.3 is 4.74 Å². The third-order valence-corrected chi connectivity index (χ3v) is 1.48. The molecule has 0 radical (unpaired) electrons. The Labute approximate surface area is 72.8 Å². The van der Waals surface area contributed by atoms with E-state index in [-0.39, 0.29) is 5.44 Å². The van der Waals surface area contributed by atoms with Crippen LogP contribution in [-0.4, -0.2) is 5.44 Å². The Bertz CT molecular complexity index is 196. The van der Waals surface area contributed by atoms with Crippen LogP contribution in [0.2, 0.25) is 0 Å². The molecule has 1 aromatic carbocycles. The first-order valence-electron chi connectivity index (χ1n) is 3.62. The number of benzene rings is 1. The summed E-state index contributed by atoms with van der Waals surface area (Å²) >= 11 is 4.11. The summed E-state index contributed by atoms with van der Waals surface area (Å²) in [6.45, 7) is 2.55. The molecule has 2 heteroatoms. The maximum Gasteiger partial charge on any atom is 0.0975 e. The van der Waals surface area contributed by atoms with Crippen LogP contribution >= 0.6 is 12.6 Å². The lowest BCUT2D eigenvalue weighted by Gasteiger charge is -2.05. The van der Waals surface area contributed by atoms with Crippen molar-refractivity contribution in [2.24, 2.45) is 0 Å². The summed E-state index contributed by atoms with van der Waals surface area (Å²) in [6.07, 6.45) is 0. The zero-order chi connectivity index (χ0) is 8.10. The van der Waals surface area contributed by atoms with Crippen molar-refractivity contribution in [3.05, 3.63) is 35.9 Å². The fourth-order valence-corrected chi connectivity index (χ4v) is 0.866. The van der Waals surface area contributed by atoms with Crippen molar-refractivity contribution in [3.8, 4) is 0 Å². The van der Waals surface area contributed by atoms with E-state index < -0.39 is 0 Å². The van der Waals surface area contributed by atoms with Gasteiger partial charge in [0, 0.05) is 0 Å². The zero-order valence-electron chi connectivity index (χ0n) is 6.53. The maximum absolute atomic E-state index is 5.29. The second-order valence-corrected chi connectivity index (χ2v) is 3.12. The molecule has 0 aliphatic carbocycles. The SMILES string of the molecule is CC(S)OCc1ccccc1. The summed E-state index contributed by atoms with van der Waals surface area (Å²) in [7, 11) is 0. The Hall–Kier alpha value is -0.470. The van der Waals surface area contributed by atoms with Crippen molar-refractivity contribution in [1.82, 2.24) is 0 Å². The highest BCUT2D eigenvalue weighted by Gasteiger charge is 1.94. The van der Waals surface area contributed by atoms with E-state index in [4.69, 9.17) is 4.74 Å². The first-order chi connectivity index (χ1) is 5.29. The number of rotatable bonds is 3. The van der Waals surface area contributed by atoms with Gasteiger partial charge in [-0.15, -0.1) is 12.6 Å². The van der Waals surface area contributed by atoms with Gasteiger partial charge in [-0.2, -0.15) is 0 Å². The molecule has 0 aliphatic rings. The summed E-state index contributed by atoms with van der Waals surface area (Å²) in [4.78, 5) is 0. The highest BCUT2D eigenvalue weighted by molar-refractivity contribution is 7.80. The summed E-state index contributed by atoms with van der Waals surface area (Å²) in [6, 6.07) is 10.1. The molecule has 0 amide bonds. The van der Waals surface area contributed by atoms with E-state index in [1.165, 1.54) is 5.56 Å². The third kappa shape index (κ3) is 3.44. The fraction of sp³-hybridized carbons (Fsp3) is 0.333. The minimum atomic E-state index is 0.00945. The average molecular weight is 168 g/mol. The summed E-state index contributed by atoms with van der Waals surface area (Å²) in [5.41, 5.74) is 1.20. The van der Waals surface area contributed by atoms with Crippen LogP contribution < -0.4 is 0 Å². The monoisotopic (exact) mass is 168 g/mol. The molecule has 0 saturated carbocycles. The molecule has 0 N–H and O–H groups in total. The molecule has 1 atom stereocenters. The Morgan fingerprint density at radius 2 is 2.00 bits per heavy atom. The molecular weight excluding hydrogens is 156 g/mol. The topological polar surface area (TPSA) is 9.23 Å². The van der Waals surface area contributed by atoms with E-state index in [1.54, 1.807) is 0 Å². The molecule has 11 heavy (non-hydrogen) atoms. The summed E-state index contributed by atoms with van der Waals surface area (Å²) in [5, 5.41) is 0. The molecule has 0 bridgehead atoms.